The van der Waals surface area contributed by atoms with E-state index < -0.39 is 28.3 Å². The molecule has 32 heavy (non-hydrogen) atoms. The van der Waals surface area contributed by atoms with Crippen LogP contribution in [0.1, 0.15) is 24.5 Å². The fourth-order valence-corrected chi connectivity index (χ4v) is 8.45. The number of piperidine rings is 1. The number of hydrogen-bond acceptors (Lipinski definition) is 7. The number of benzene rings is 1. The Labute approximate surface area is 187 Å². The summed E-state index contributed by atoms with van der Waals surface area (Å²) in [6.07, 6.45) is 5.92. The Morgan fingerprint density at radius 1 is 1.16 bits per heavy atom. The van der Waals surface area contributed by atoms with Crippen LogP contribution >= 0.6 is 0 Å². The molecule has 1 aromatic carbocycles. The molecule has 1 aromatic rings. The zero-order chi connectivity index (χ0) is 22.6. The monoisotopic (exact) mass is 439 g/mol. The minimum Gasteiger partial charge on any atom is -0.493 e. The van der Waals surface area contributed by atoms with Gasteiger partial charge in [-0.3, -0.25) is 9.59 Å². The van der Waals surface area contributed by atoms with Gasteiger partial charge in [-0.25, -0.2) is 0 Å². The van der Waals surface area contributed by atoms with Crippen LogP contribution in [0, 0.1) is 23.2 Å². The van der Waals surface area contributed by atoms with Crippen molar-refractivity contribution in [1.29, 1.82) is 0 Å². The molecular formula is C25H29NO6. The highest BCUT2D eigenvalue weighted by Gasteiger charge is 2.84. The fraction of sp³-hybridized carbons (Fsp3) is 0.600. The van der Waals surface area contributed by atoms with E-state index in [1.165, 1.54) is 19.8 Å². The van der Waals surface area contributed by atoms with Gasteiger partial charge in [0, 0.05) is 22.9 Å². The molecule has 2 spiro atoms. The molecule has 0 radical (unpaired) electrons. The second-order valence-electron chi connectivity index (χ2n) is 10.1. The molecule has 2 fully saturated rings. The first-order valence-corrected chi connectivity index (χ1v) is 11.3. The molecule has 0 unspecified atom stereocenters. The molecular weight excluding hydrogens is 410 g/mol. The third-order valence-electron chi connectivity index (χ3n) is 9.50. The normalized spacial score (nSPS) is 42.2. The second kappa shape index (κ2) is 6.07. The number of esters is 2. The maximum atomic E-state index is 13.5. The molecule has 4 aliphatic carbocycles. The van der Waals surface area contributed by atoms with E-state index in [1.54, 1.807) is 7.11 Å². The molecule has 170 valence electrons. The predicted molar refractivity (Wildman–Crippen MR) is 115 cm³/mol. The Kier molecular flexibility index (Phi) is 3.81. The zero-order valence-electron chi connectivity index (χ0n) is 19.1. The van der Waals surface area contributed by atoms with Crippen LogP contribution in [-0.4, -0.2) is 63.4 Å². The van der Waals surface area contributed by atoms with Crippen LogP contribution in [0.15, 0.2) is 24.3 Å². The van der Waals surface area contributed by atoms with Gasteiger partial charge in [0.05, 0.1) is 38.6 Å². The third kappa shape index (κ3) is 1.80. The molecule has 7 nitrogen and oxygen atoms in total. The van der Waals surface area contributed by atoms with Crippen molar-refractivity contribution in [3.8, 4) is 11.5 Å². The number of fused-ring (bicyclic) bond motifs is 1. The second-order valence-corrected chi connectivity index (χ2v) is 10.1. The van der Waals surface area contributed by atoms with Gasteiger partial charge in [-0.2, -0.15) is 0 Å². The van der Waals surface area contributed by atoms with Crippen LogP contribution in [0.3, 0.4) is 0 Å². The SMILES string of the molecule is COC(=O)[C@H]1[C@@H](C(=O)OC)[C@@]23C=C[C@@H]1[C@]1(C)Oc4c(OC)ccc5c4[C@]21CCN(C)[C@@H]3C5. The van der Waals surface area contributed by atoms with Gasteiger partial charge < -0.3 is 23.8 Å². The Bertz CT molecular complexity index is 1080. The van der Waals surface area contributed by atoms with Crippen molar-refractivity contribution in [2.45, 2.75) is 36.8 Å². The molecule has 7 atom stereocenters. The first-order chi connectivity index (χ1) is 15.3. The number of hydrogen-bond donors (Lipinski definition) is 0. The summed E-state index contributed by atoms with van der Waals surface area (Å²) in [5, 5.41) is 0. The van der Waals surface area contributed by atoms with Crippen molar-refractivity contribution < 1.29 is 28.5 Å². The summed E-state index contributed by atoms with van der Waals surface area (Å²) in [4.78, 5) is 29.1. The summed E-state index contributed by atoms with van der Waals surface area (Å²) in [5.74, 6) is -0.920. The summed E-state index contributed by atoms with van der Waals surface area (Å²) >= 11 is 0. The van der Waals surface area contributed by atoms with Crippen molar-refractivity contribution in [3.63, 3.8) is 0 Å². The van der Waals surface area contributed by atoms with Gasteiger partial charge in [-0.15, -0.1) is 0 Å². The van der Waals surface area contributed by atoms with Gasteiger partial charge in [0.2, 0.25) is 0 Å². The zero-order valence-corrected chi connectivity index (χ0v) is 19.1. The molecule has 4 bridgehead atoms. The molecule has 0 amide bonds. The van der Waals surface area contributed by atoms with E-state index in [0.717, 1.165) is 30.7 Å². The Balaban J connectivity index is 1.74. The molecule has 0 N–H and O–H groups in total. The van der Waals surface area contributed by atoms with Gasteiger partial charge in [0.25, 0.3) is 0 Å². The molecule has 1 saturated heterocycles. The molecule has 7 heteroatoms. The van der Waals surface area contributed by atoms with Crippen LogP contribution in [-0.2, 0) is 30.9 Å². The highest BCUT2D eigenvalue weighted by molar-refractivity contribution is 5.87. The lowest BCUT2D eigenvalue weighted by atomic mass is 9.32. The average Bonchev–Trinajstić information content (AvgIpc) is 3.09. The lowest BCUT2D eigenvalue weighted by Crippen LogP contribution is -2.82. The van der Waals surface area contributed by atoms with E-state index in [1.807, 2.05) is 6.07 Å². The standard InChI is InChI=1S/C25H29NO6/c1-23-14-8-9-24(19(22(28)31-5)17(14)21(27)30-4)16-12-13-6-7-15(29-3)20(32-23)18(13)25(23,24)10-11-26(16)2/h6-9,14,16-17,19H,10-12H2,1-5H3/t14-,16+,17+,19-,23-,24-,25-/m0/s1. The van der Waals surface area contributed by atoms with Gasteiger partial charge in [0.1, 0.15) is 5.60 Å². The van der Waals surface area contributed by atoms with Gasteiger partial charge >= 0.3 is 11.9 Å². The summed E-state index contributed by atoms with van der Waals surface area (Å²) in [6.45, 7) is 3.01. The highest BCUT2D eigenvalue weighted by Crippen LogP contribution is 2.78. The Hall–Kier alpha value is -2.54. The van der Waals surface area contributed by atoms with Crippen LogP contribution < -0.4 is 9.47 Å². The minimum absolute atomic E-state index is 0.0276. The third-order valence-corrected chi connectivity index (χ3v) is 9.50. The van der Waals surface area contributed by atoms with Crippen molar-refractivity contribution >= 4 is 11.9 Å². The van der Waals surface area contributed by atoms with E-state index in [2.05, 4.69) is 37.1 Å². The van der Waals surface area contributed by atoms with Crippen LogP contribution in [0.4, 0.5) is 0 Å². The molecule has 0 aromatic heterocycles. The number of ether oxygens (including phenoxy) is 4. The number of carbonyl (C=O) groups is 2. The number of rotatable bonds is 3. The number of likely N-dealkylation sites (tertiary alicyclic amines) is 1. The lowest BCUT2D eigenvalue weighted by Gasteiger charge is -2.73. The number of carbonyl (C=O) groups excluding carboxylic acids is 2. The Morgan fingerprint density at radius 2 is 1.91 bits per heavy atom. The molecule has 6 aliphatic rings. The lowest BCUT2D eigenvalue weighted by molar-refractivity contribution is -0.226. The van der Waals surface area contributed by atoms with Crippen LogP contribution in [0.25, 0.3) is 0 Å². The van der Waals surface area contributed by atoms with Gasteiger partial charge in [-0.05, 0) is 45.0 Å². The predicted octanol–water partition coefficient (Wildman–Crippen LogP) is 2.11. The fourth-order valence-electron chi connectivity index (χ4n) is 8.45. The van der Waals surface area contributed by atoms with Gasteiger partial charge in [-0.1, -0.05) is 18.2 Å². The molecule has 2 heterocycles. The summed E-state index contributed by atoms with van der Waals surface area (Å²) in [6, 6.07) is 4.15. The topological polar surface area (TPSA) is 74.3 Å². The van der Waals surface area contributed by atoms with Crippen molar-refractivity contribution in [1.82, 2.24) is 4.90 Å². The number of likely N-dealkylation sites (N-methyl/N-ethyl adjacent to an activating group) is 1. The first-order valence-electron chi connectivity index (χ1n) is 11.3. The maximum Gasteiger partial charge on any atom is 0.310 e. The van der Waals surface area contributed by atoms with Gasteiger partial charge in [0.15, 0.2) is 11.5 Å². The molecule has 2 aliphatic heterocycles. The van der Waals surface area contributed by atoms with Crippen molar-refractivity contribution in [2.75, 3.05) is 34.9 Å². The van der Waals surface area contributed by atoms with Crippen LogP contribution in [0.2, 0.25) is 0 Å². The van der Waals surface area contributed by atoms with E-state index in [4.69, 9.17) is 18.9 Å². The minimum atomic E-state index is -0.712. The van der Waals surface area contributed by atoms with E-state index >= 15 is 0 Å². The first kappa shape index (κ1) is 20.1. The van der Waals surface area contributed by atoms with E-state index in [-0.39, 0.29) is 23.9 Å². The number of nitrogens with zero attached hydrogens (tertiary/aromatic N) is 1. The maximum absolute atomic E-state index is 13.5. The summed E-state index contributed by atoms with van der Waals surface area (Å²) in [5.41, 5.74) is 0.579. The number of methoxy groups -OCH3 is 3. The van der Waals surface area contributed by atoms with E-state index in [0.29, 0.717) is 5.75 Å². The smallest absolute Gasteiger partial charge is 0.310 e. The molecule has 1 saturated carbocycles. The van der Waals surface area contributed by atoms with Crippen molar-refractivity contribution in [2.24, 2.45) is 23.2 Å². The largest absolute Gasteiger partial charge is 0.493 e. The van der Waals surface area contributed by atoms with E-state index in [9.17, 15) is 9.59 Å². The quantitative estimate of drug-likeness (QED) is 0.528. The Morgan fingerprint density at radius 3 is 2.59 bits per heavy atom. The highest BCUT2D eigenvalue weighted by atomic mass is 16.5. The summed E-state index contributed by atoms with van der Waals surface area (Å²) < 4.78 is 23.2. The van der Waals surface area contributed by atoms with Crippen LogP contribution in [0.5, 0.6) is 11.5 Å². The van der Waals surface area contributed by atoms with Crippen molar-refractivity contribution in [3.05, 3.63) is 35.4 Å². The average molecular weight is 440 g/mol. The summed E-state index contributed by atoms with van der Waals surface area (Å²) in [7, 11) is 6.57. The molecule has 7 rings (SSSR count).